The Bertz CT molecular complexity index is 478. The van der Waals surface area contributed by atoms with Crippen molar-refractivity contribution in [3.8, 4) is 0 Å². The third kappa shape index (κ3) is 3.14. The first kappa shape index (κ1) is 13.6. The van der Waals surface area contributed by atoms with Gasteiger partial charge < -0.3 is 20.5 Å². The van der Waals surface area contributed by atoms with Crippen molar-refractivity contribution in [2.24, 2.45) is 0 Å². The number of nitrogen functional groups attached to an aromatic ring is 1. The summed E-state index contributed by atoms with van der Waals surface area (Å²) in [6.07, 6.45) is 1.13. The Kier molecular flexibility index (Phi) is 3.36. The monoisotopic (exact) mass is 265 g/mol. The number of ether oxygens (including phenoxy) is 2. The van der Waals surface area contributed by atoms with Crippen molar-refractivity contribution in [3.63, 3.8) is 0 Å². The van der Waals surface area contributed by atoms with E-state index in [2.05, 4.69) is 10.3 Å². The molecule has 1 aromatic heterocycles. The highest BCUT2D eigenvalue weighted by Crippen LogP contribution is 2.29. The van der Waals surface area contributed by atoms with E-state index in [0.717, 1.165) is 0 Å². The minimum Gasteiger partial charge on any atom is -0.444 e. The maximum absolute atomic E-state index is 11.9. The summed E-state index contributed by atoms with van der Waals surface area (Å²) in [4.78, 5) is 16.1. The van der Waals surface area contributed by atoms with Crippen LogP contribution in [0.2, 0.25) is 0 Å². The van der Waals surface area contributed by atoms with Crippen LogP contribution in [0.15, 0.2) is 18.3 Å². The second-order valence-electron chi connectivity index (χ2n) is 5.68. The molecule has 0 bridgehead atoms. The van der Waals surface area contributed by atoms with E-state index in [-0.39, 0.29) is 0 Å². The molecule has 1 amide bonds. The minimum absolute atomic E-state index is 0.364. The number of hydrogen-bond donors (Lipinski definition) is 2. The molecule has 1 aliphatic rings. The highest BCUT2D eigenvalue weighted by Gasteiger charge is 2.44. The molecule has 1 aliphatic heterocycles. The van der Waals surface area contributed by atoms with Gasteiger partial charge in [0.2, 0.25) is 0 Å². The zero-order valence-corrected chi connectivity index (χ0v) is 11.4. The Morgan fingerprint density at radius 3 is 2.68 bits per heavy atom. The molecule has 2 rings (SSSR count). The van der Waals surface area contributed by atoms with Gasteiger partial charge in [-0.05, 0) is 32.9 Å². The fourth-order valence-corrected chi connectivity index (χ4v) is 1.80. The van der Waals surface area contributed by atoms with Crippen molar-refractivity contribution in [2.75, 3.05) is 18.9 Å². The lowest BCUT2D eigenvalue weighted by Gasteiger charge is -2.41. The van der Waals surface area contributed by atoms with Gasteiger partial charge in [0.05, 0.1) is 18.9 Å². The topological polar surface area (TPSA) is 86.5 Å². The van der Waals surface area contributed by atoms with E-state index in [9.17, 15) is 4.79 Å². The van der Waals surface area contributed by atoms with Gasteiger partial charge >= 0.3 is 6.09 Å². The molecular formula is C13H19N3O3. The van der Waals surface area contributed by atoms with E-state index in [1.165, 1.54) is 0 Å². The van der Waals surface area contributed by atoms with Crippen LogP contribution in [-0.2, 0) is 15.0 Å². The number of carbonyl (C=O) groups excluding carboxylic acids is 1. The van der Waals surface area contributed by atoms with Crippen LogP contribution >= 0.6 is 0 Å². The molecule has 1 saturated heterocycles. The van der Waals surface area contributed by atoms with Crippen molar-refractivity contribution >= 4 is 11.8 Å². The fourth-order valence-electron chi connectivity index (χ4n) is 1.80. The van der Waals surface area contributed by atoms with Gasteiger partial charge in [0.1, 0.15) is 11.1 Å². The highest BCUT2D eigenvalue weighted by molar-refractivity contribution is 5.69. The van der Waals surface area contributed by atoms with Crippen LogP contribution in [0.5, 0.6) is 0 Å². The number of rotatable bonds is 2. The number of anilines is 1. The predicted octanol–water partition coefficient (Wildman–Crippen LogP) is 1.41. The summed E-state index contributed by atoms with van der Waals surface area (Å²) >= 11 is 0. The maximum atomic E-state index is 11.9. The van der Waals surface area contributed by atoms with Crippen LogP contribution in [-0.4, -0.2) is 29.9 Å². The number of nitrogens with zero attached hydrogens (tertiary/aromatic N) is 1. The molecule has 6 heteroatoms. The molecule has 19 heavy (non-hydrogen) atoms. The van der Waals surface area contributed by atoms with E-state index in [4.69, 9.17) is 15.2 Å². The fraction of sp³-hybridized carbons (Fsp3) is 0.538. The Hall–Kier alpha value is -1.82. The van der Waals surface area contributed by atoms with Crippen molar-refractivity contribution in [3.05, 3.63) is 24.0 Å². The first-order valence-corrected chi connectivity index (χ1v) is 6.12. The Morgan fingerprint density at radius 1 is 1.53 bits per heavy atom. The summed E-state index contributed by atoms with van der Waals surface area (Å²) in [6.45, 7) is 6.17. The lowest BCUT2D eigenvalue weighted by molar-refractivity contribution is -0.0817. The first-order chi connectivity index (χ1) is 8.81. The average molecular weight is 265 g/mol. The second kappa shape index (κ2) is 4.70. The van der Waals surface area contributed by atoms with Gasteiger partial charge in [-0.15, -0.1) is 0 Å². The van der Waals surface area contributed by atoms with E-state index < -0.39 is 17.2 Å². The van der Waals surface area contributed by atoms with E-state index in [0.29, 0.717) is 24.6 Å². The minimum atomic E-state index is -0.641. The van der Waals surface area contributed by atoms with Gasteiger partial charge in [0.25, 0.3) is 0 Å². The molecular weight excluding hydrogens is 246 g/mol. The van der Waals surface area contributed by atoms with Crippen LogP contribution in [0.25, 0.3) is 0 Å². The smallest absolute Gasteiger partial charge is 0.408 e. The van der Waals surface area contributed by atoms with E-state index >= 15 is 0 Å². The van der Waals surface area contributed by atoms with Gasteiger partial charge in [-0.2, -0.15) is 0 Å². The van der Waals surface area contributed by atoms with Crippen LogP contribution < -0.4 is 11.1 Å². The zero-order valence-electron chi connectivity index (χ0n) is 11.4. The number of carbonyl (C=O) groups is 1. The van der Waals surface area contributed by atoms with Gasteiger partial charge in [-0.1, -0.05) is 0 Å². The summed E-state index contributed by atoms with van der Waals surface area (Å²) in [5.74, 6) is 0. The molecule has 0 saturated carbocycles. The summed E-state index contributed by atoms with van der Waals surface area (Å²) in [7, 11) is 0. The van der Waals surface area contributed by atoms with E-state index in [1.54, 1.807) is 18.3 Å². The van der Waals surface area contributed by atoms with Crippen LogP contribution in [0.1, 0.15) is 26.5 Å². The molecule has 0 unspecified atom stereocenters. The zero-order chi connectivity index (χ0) is 14.1. The molecule has 6 nitrogen and oxygen atoms in total. The van der Waals surface area contributed by atoms with Gasteiger partial charge in [0, 0.05) is 11.9 Å². The van der Waals surface area contributed by atoms with Crippen LogP contribution in [0.3, 0.4) is 0 Å². The summed E-state index contributed by atoms with van der Waals surface area (Å²) in [5.41, 5.74) is 5.84. The number of nitrogens with one attached hydrogen (secondary N) is 1. The van der Waals surface area contributed by atoms with Crippen LogP contribution in [0.4, 0.5) is 10.5 Å². The normalized spacial score (nSPS) is 17.4. The van der Waals surface area contributed by atoms with Gasteiger partial charge in [-0.25, -0.2) is 4.79 Å². The molecule has 3 N–H and O–H groups in total. The lowest BCUT2D eigenvalue weighted by Crippen LogP contribution is -2.60. The molecule has 1 aromatic rings. The van der Waals surface area contributed by atoms with Crippen molar-refractivity contribution < 1.29 is 14.3 Å². The molecule has 0 spiro atoms. The SMILES string of the molecule is CC(C)(C)OC(=O)NC1(c2cc(N)ccn2)COC1. The lowest BCUT2D eigenvalue weighted by atomic mass is 9.92. The van der Waals surface area contributed by atoms with Crippen molar-refractivity contribution in [1.29, 1.82) is 0 Å². The Morgan fingerprint density at radius 2 is 2.21 bits per heavy atom. The number of hydrogen-bond acceptors (Lipinski definition) is 5. The second-order valence-corrected chi connectivity index (χ2v) is 5.68. The third-order valence-electron chi connectivity index (χ3n) is 2.71. The Labute approximate surface area is 112 Å². The summed E-state index contributed by atoms with van der Waals surface area (Å²) < 4.78 is 10.5. The van der Waals surface area contributed by atoms with Gasteiger partial charge in [-0.3, -0.25) is 4.98 Å². The van der Waals surface area contributed by atoms with E-state index in [1.807, 2.05) is 20.8 Å². The van der Waals surface area contributed by atoms with Crippen molar-refractivity contribution in [1.82, 2.24) is 10.3 Å². The number of nitrogens with two attached hydrogens (primary N) is 1. The molecule has 0 aromatic carbocycles. The molecule has 0 aliphatic carbocycles. The maximum Gasteiger partial charge on any atom is 0.408 e. The molecule has 2 heterocycles. The highest BCUT2D eigenvalue weighted by atomic mass is 16.6. The number of aromatic nitrogens is 1. The third-order valence-corrected chi connectivity index (χ3v) is 2.71. The molecule has 1 fully saturated rings. The van der Waals surface area contributed by atoms with Gasteiger partial charge in [0.15, 0.2) is 0 Å². The van der Waals surface area contributed by atoms with Crippen molar-refractivity contribution in [2.45, 2.75) is 31.9 Å². The largest absolute Gasteiger partial charge is 0.444 e. The quantitative estimate of drug-likeness (QED) is 0.844. The Balaban J connectivity index is 2.13. The number of amides is 1. The first-order valence-electron chi connectivity index (χ1n) is 6.12. The summed E-state index contributed by atoms with van der Waals surface area (Å²) in [6, 6.07) is 3.43. The molecule has 0 atom stereocenters. The number of pyridine rings is 1. The van der Waals surface area contributed by atoms with Crippen LogP contribution in [0, 0.1) is 0 Å². The standard InChI is InChI=1S/C13H19N3O3/c1-12(2,3)19-11(17)16-13(7-18-8-13)10-6-9(14)4-5-15-10/h4-6H,7-8H2,1-3H3,(H2,14,15)(H,16,17). The average Bonchev–Trinajstić information content (AvgIpc) is 2.21. The molecule has 104 valence electrons. The number of alkyl carbamates (subject to hydrolysis) is 1. The predicted molar refractivity (Wildman–Crippen MR) is 70.5 cm³/mol. The molecule has 0 radical (unpaired) electrons. The summed E-state index contributed by atoms with van der Waals surface area (Å²) in [5, 5.41) is 2.83.